The topological polar surface area (TPSA) is 57.6 Å². The maximum absolute atomic E-state index is 11.5. The SMILES string of the molecule is CC(C)[C@H]1C(=O)N2C=C(C(=O)O)C[C@H]12. The number of aliphatic carboxylic acids is 1. The second-order valence-corrected chi connectivity index (χ2v) is 4.25. The van der Waals surface area contributed by atoms with Crippen LogP contribution in [0.3, 0.4) is 0 Å². The molecule has 4 nitrogen and oxygen atoms in total. The lowest BCUT2D eigenvalue weighted by Crippen LogP contribution is -2.57. The number of carboxylic acid groups (broad SMARTS) is 1. The van der Waals surface area contributed by atoms with E-state index < -0.39 is 5.97 Å². The van der Waals surface area contributed by atoms with Crippen LogP contribution < -0.4 is 0 Å². The van der Waals surface area contributed by atoms with Crippen LogP contribution in [-0.4, -0.2) is 27.9 Å². The third kappa shape index (κ3) is 1.06. The van der Waals surface area contributed by atoms with Gasteiger partial charge in [0, 0.05) is 12.6 Å². The molecule has 2 rings (SSSR count). The van der Waals surface area contributed by atoms with Crippen LogP contribution in [0.5, 0.6) is 0 Å². The molecule has 1 N–H and O–H groups in total. The minimum absolute atomic E-state index is 0.0168. The summed E-state index contributed by atoms with van der Waals surface area (Å²) < 4.78 is 0. The van der Waals surface area contributed by atoms with E-state index >= 15 is 0 Å². The van der Waals surface area contributed by atoms with Crippen molar-refractivity contribution >= 4 is 11.9 Å². The molecule has 0 radical (unpaired) electrons. The minimum Gasteiger partial charge on any atom is -0.478 e. The van der Waals surface area contributed by atoms with Gasteiger partial charge < -0.3 is 10.0 Å². The molecule has 0 saturated carbocycles. The van der Waals surface area contributed by atoms with Gasteiger partial charge in [-0.15, -0.1) is 0 Å². The average Bonchev–Trinajstić information content (AvgIpc) is 2.43. The molecule has 4 heteroatoms. The smallest absolute Gasteiger partial charge is 0.333 e. The Morgan fingerprint density at radius 2 is 2.29 bits per heavy atom. The van der Waals surface area contributed by atoms with E-state index in [2.05, 4.69) is 0 Å². The van der Waals surface area contributed by atoms with Crippen LogP contribution >= 0.6 is 0 Å². The lowest BCUT2D eigenvalue weighted by Gasteiger charge is -2.44. The number of carbonyl (C=O) groups is 2. The lowest BCUT2D eigenvalue weighted by molar-refractivity contribution is -0.152. The Labute approximate surface area is 82.2 Å². The number of nitrogens with zero attached hydrogens (tertiary/aromatic N) is 1. The van der Waals surface area contributed by atoms with E-state index in [-0.39, 0.29) is 17.9 Å². The van der Waals surface area contributed by atoms with Gasteiger partial charge in [0.2, 0.25) is 5.91 Å². The van der Waals surface area contributed by atoms with Gasteiger partial charge in [-0.2, -0.15) is 0 Å². The van der Waals surface area contributed by atoms with Gasteiger partial charge in [-0.3, -0.25) is 4.79 Å². The molecule has 2 aliphatic heterocycles. The van der Waals surface area contributed by atoms with E-state index in [1.54, 1.807) is 4.90 Å². The van der Waals surface area contributed by atoms with Crippen molar-refractivity contribution in [1.82, 2.24) is 4.90 Å². The Morgan fingerprint density at radius 3 is 2.79 bits per heavy atom. The summed E-state index contributed by atoms with van der Waals surface area (Å²) in [4.78, 5) is 23.8. The number of carbonyl (C=O) groups excluding carboxylic acids is 1. The Morgan fingerprint density at radius 1 is 1.64 bits per heavy atom. The van der Waals surface area contributed by atoms with E-state index in [1.807, 2.05) is 13.8 Å². The third-order valence-electron chi connectivity index (χ3n) is 3.03. The quantitative estimate of drug-likeness (QED) is 0.664. The number of hydrogen-bond donors (Lipinski definition) is 1. The first-order valence-corrected chi connectivity index (χ1v) is 4.78. The zero-order valence-electron chi connectivity index (χ0n) is 8.23. The first-order valence-electron chi connectivity index (χ1n) is 4.78. The molecule has 14 heavy (non-hydrogen) atoms. The molecule has 0 aliphatic carbocycles. The summed E-state index contributed by atoms with van der Waals surface area (Å²) in [6, 6.07) is 0.105. The van der Waals surface area contributed by atoms with E-state index in [1.165, 1.54) is 6.20 Å². The number of β-lactam (4-membered cyclic amide) rings is 1. The number of carboxylic acids is 1. The van der Waals surface area contributed by atoms with Crippen molar-refractivity contribution in [2.75, 3.05) is 0 Å². The van der Waals surface area contributed by atoms with E-state index in [9.17, 15) is 9.59 Å². The predicted octanol–water partition coefficient (Wildman–Crippen LogP) is 0.842. The molecular weight excluding hydrogens is 182 g/mol. The van der Waals surface area contributed by atoms with Crippen molar-refractivity contribution < 1.29 is 14.7 Å². The van der Waals surface area contributed by atoms with Crippen LogP contribution in [0.15, 0.2) is 11.8 Å². The second-order valence-electron chi connectivity index (χ2n) is 4.25. The molecule has 0 bridgehead atoms. The Bertz CT molecular complexity index is 332. The van der Waals surface area contributed by atoms with Crippen molar-refractivity contribution in [3.05, 3.63) is 11.8 Å². The molecule has 76 valence electrons. The first-order chi connectivity index (χ1) is 6.52. The van der Waals surface area contributed by atoms with Crippen LogP contribution in [0.1, 0.15) is 20.3 Å². The van der Waals surface area contributed by atoms with Crippen LogP contribution in [0.25, 0.3) is 0 Å². The van der Waals surface area contributed by atoms with Crippen LogP contribution in [-0.2, 0) is 9.59 Å². The fraction of sp³-hybridized carbons (Fsp3) is 0.600. The van der Waals surface area contributed by atoms with Gasteiger partial charge in [0.05, 0.1) is 17.5 Å². The van der Waals surface area contributed by atoms with E-state index in [0.29, 0.717) is 17.9 Å². The fourth-order valence-electron chi connectivity index (χ4n) is 2.29. The fourth-order valence-corrected chi connectivity index (χ4v) is 2.29. The molecule has 0 spiro atoms. The van der Waals surface area contributed by atoms with E-state index in [0.717, 1.165) is 0 Å². The summed E-state index contributed by atoms with van der Waals surface area (Å²) in [7, 11) is 0. The van der Waals surface area contributed by atoms with Gasteiger partial charge in [0.25, 0.3) is 0 Å². The van der Waals surface area contributed by atoms with Crippen molar-refractivity contribution in [3.63, 3.8) is 0 Å². The van der Waals surface area contributed by atoms with Gasteiger partial charge in [-0.25, -0.2) is 4.79 Å². The zero-order valence-corrected chi connectivity index (χ0v) is 8.23. The normalized spacial score (nSPS) is 30.1. The number of rotatable bonds is 2. The van der Waals surface area contributed by atoms with Gasteiger partial charge in [0.1, 0.15) is 0 Å². The molecule has 1 amide bonds. The largest absolute Gasteiger partial charge is 0.478 e. The first kappa shape index (κ1) is 9.24. The molecule has 2 aliphatic rings. The molecule has 0 unspecified atom stereocenters. The third-order valence-corrected chi connectivity index (χ3v) is 3.03. The number of fused-ring (bicyclic) bond motifs is 1. The minimum atomic E-state index is -0.908. The highest BCUT2D eigenvalue weighted by Gasteiger charge is 2.51. The molecule has 1 saturated heterocycles. The summed E-state index contributed by atoms with van der Waals surface area (Å²) in [5.41, 5.74) is 0.353. The van der Waals surface area contributed by atoms with Gasteiger partial charge in [0.15, 0.2) is 0 Å². The monoisotopic (exact) mass is 195 g/mol. The Hall–Kier alpha value is -1.32. The molecular formula is C10H13NO3. The lowest BCUT2D eigenvalue weighted by atomic mass is 9.79. The highest BCUT2D eigenvalue weighted by atomic mass is 16.4. The highest BCUT2D eigenvalue weighted by molar-refractivity contribution is 5.94. The van der Waals surface area contributed by atoms with E-state index in [4.69, 9.17) is 5.11 Å². The number of amides is 1. The van der Waals surface area contributed by atoms with Crippen LogP contribution in [0, 0.1) is 11.8 Å². The average molecular weight is 195 g/mol. The molecule has 1 fully saturated rings. The molecule has 0 aromatic heterocycles. The standard InChI is InChI=1S/C10H13NO3/c1-5(2)8-7-3-6(10(13)14)4-11(7)9(8)12/h4-5,7-8H,3H2,1-2H3,(H,13,14)/t7-,8-/m1/s1. The Balaban J connectivity index is 2.14. The van der Waals surface area contributed by atoms with Crippen molar-refractivity contribution in [1.29, 1.82) is 0 Å². The van der Waals surface area contributed by atoms with Crippen molar-refractivity contribution in [2.24, 2.45) is 11.8 Å². The predicted molar refractivity (Wildman–Crippen MR) is 49.3 cm³/mol. The van der Waals surface area contributed by atoms with Crippen LogP contribution in [0.4, 0.5) is 0 Å². The maximum Gasteiger partial charge on any atom is 0.333 e. The summed E-state index contributed by atoms with van der Waals surface area (Å²) in [6.45, 7) is 4.00. The molecule has 0 aromatic rings. The van der Waals surface area contributed by atoms with Gasteiger partial charge >= 0.3 is 5.97 Å². The molecule has 2 heterocycles. The molecule has 0 aromatic carbocycles. The van der Waals surface area contributed by atoms with Crippen molar-refractivity contribution in [3.8, 4) is 0 Å². The Kier molecular flexibility index (Phi) is 1.87. The maximum atomic E-state index is 11.5. The second kappa shape index (κ2) is 2.83. The van der Waals surface area contributed by atoms with Gasteiger partial charge in [-0.05, 0) is 5.92 Å². The summed E-state index contributed by atoms with van der Waals surface area (Å²) in [5, 5.41) is 8.78. The number of hydrogen-bond acceptors (Lipinski definition) is 2. The summed E-state index contributed by atoms with van der Waals surface area (Å²) >= 11 is 0. The zero-order chi connectivity index (χ0) is 10.5. The summed E-state index contributed by atoms with van der Waals surface area (Å²) in [6.07, 6.45) is 1.98. The van der Waals surface area contributed by atoms with Crippen molar-refractivity contribution in [2.45, 2.75) is 26.3 Å². The summed E-state index contributed by atoms with van der Waals surface area (Å²) in [5.74, 6) is -0.524. The highest BCUT2D eigenvalue weighted by Crippen LogP contribution is 2.41. The van der Waals surface area contributed by atoms with Gasteiger partial charge in [-0.1, -0.05) is 13.8 Å². The molecule has 2 atom stereocenters. The van der Waals surface area contributed by atoms with Crippen LogP contribution in [0.2, 0.25) is 0 Å².